The number of unbranched alkanes of at least 4 members (excludes halogenated alkanes) is 25. The summed E-state index contributed by atoms with van der Waals surface area (Å²) < 4.78 is 34.5. The molecule has 0 aliphatic heterocycles. The molecule has 368 valence electrons. The lowest BCUT2D eigenvalue weighted by Crippen LogP contribution is -2.37. The number of rotatable bonds is 47. The van der Waals surface area contributed by atoms with Crippen molar-refractivity contribution in [2.45, 2.75) is 232 Å². The molecule has 2 atom stereocenters. The second-order valence-electron chi connectivity index (χ2n) is 18.5. The topological polar surface area (TPSA) is 108 Å². The smallest absolute Gasteiger partial charge is 0.462 e. The lowest BCUT2D eigenvalue weighted by molar-refractivity contribution is -0.870. The number of carbonyl (C=O) groups is 2. The van der Waals surface area contributed by atoms with Gasteiger partial charge >= 0.3 is 19.8 Å². The Hall–Kier alpha value is -2.03. The number of hydrogen-bond donors (Lipinski definition) is 1. The molecule has 0 aromatic rings. The number of phosphoric ester groups is 1. The first-order chi connectivity index (χ1) is 30.5. The van der Waals surface area contributed by atoms with Crippen molar-refractivity contribution in [1.82, 2.24) is 0 Å². The van der Waals surface area contributed by atoms with E-state index in [1.807, 2.05) is 21.1 Å². The number of likely N-dealkylation sites (N-methyl/N-ethyl adjacent to an activating group) is 1. The Kier molecular flexibility index (Phi) is 43.7. The summed E-state index contributed by atoms with van der Waals surface area (Å²) in [5, 5.41) is 0. The minimum Gasteiger partial charge on any atom is -0.462 e. The van der Waals surface area contributed by atoms with Gasteiger partial charge in [-0.15, -0.1) is 0 Å². The second kappa shape index (κ2) is 45.1. The summed E-state index contributed by atoms with van der Waals surface area (Å²) in [6.07, 6.45) is 54.5. The van der Waals surface area contributed by atoms with Gasteiger partial charge in [0.1, 0.15) is 19.8 Å². The quantitative estimate of drug-likeness (QED) is 0.0211. The maximum absolute atomic E-state index is 12.8. The number of phosphoric acid groups is 1. The summed E-state index contributed by atoms with van der Waals surface area (Å²) in [5.74, 6) is -0.807. The van der Waals surface area contributed by atoms with Gasteiger partial charge in [0.15, 0.2) is 6.10 Å². The number of nitrogens with zero attached hydrogens (tertiary/aromatic N) is 1. The molecule has 0 aliphatic carbocycles. The van der Waals surface area contributed by atoms with Crippen LogP contribution in [0.4, 0.5) is 0 Å². The zero-order valence-corrected chi connectivity index (χ0v) is 42.5. The van der Waals surface area contributed by atoms with Crippen molar-refractivity contribution in [2.24, 2.45) is 0 Å². The van der Waals surface area contributed by atoms with E-state index in [1.54, 1.807) is 0 Å². The normalized spacial score (nSPS) is 13.8. The highest BCUT2D eigenvalue weighted by molar-refractivity contribution is 7.47. The van der Waals surface area contributed by atoms with Crippen LogP contribution in [0.25, 0.3) is 0 Å². The Morgan fingerprint density at radius 2 is 0.905 bits per heavy atom. The van der Waals surface area contributed by atoms with Crippen LogP contribution < -0.4 is 0 Å². The van der Waals surface area contributed by atoms with Crippen LogP contribution in [0, 0.1) is 0 Å². The minimum absolute atomic E-state index is 0.0284. The van der Waals surface area contributed by atoms with Gasteiger partial charge in [0.25, 0.3) is 0 Å². The Labute approximate surface area is 388 Å². The van der Waals surface area contributed by atoms with Crippen molar-refractivity contribution < 1.29 is 42.1 Å². The van der Waals surface area contributed by atoms with E-state index in [0.29, 0.717) is 17.4 Å². The molecular formula is C53H99NO8P+. The van der Waals surface area contributed by atoms with E-state index in [2.05, 4.69) is 62.5 Å². The minimum atomic E-state index is -4.38. The predicted molar refractivity (Wildman–Crippen MR) is 266 cm³/mol. The van der Waals surface area contributed by atoms with Crippen LogP contribution in [-0.4, -0.2) is 74.9 Å². The van der Waals surface area contributed by atoms with Crippen molar-refractivity contribution in [2.75, 3.05) is 47.5 Å². The highest BCUT2D eigenvalue weighted by Crippen LogP contribution is 2.43. The summed E-state index contributed by atoms with van der Waals surface area (Å²) in [5.41, 5.74) is 0. The van der Waals surface area contributed by atoms with E-state index in [-0.39, 0.29) is 32.0 Å². The largest absolute Gasteiger partial charge is 0.472 e. The fraction of sp³-hybridized carbons (Fsp3) is 0.811. The number of esters is 2. The highest BCUT2D eigenvalue weighted by atomic mass is 31.2. The molecule has 9 nitrogen and oxygen atoms in total. The molecule has 0 spiro atoms. The number of ether oxygens (including phenoxy) is 2. The Morgan fingerprint density at radius 1 is 0.508 bits per heavy atom. The third-order valence-electron chi connectivity index (χ3n) is 11.1. The van der Waals surface area contributed by atoms with Crippen LogP contribution in [0.5, 0.6) is 0 Å². The molecule has 0 fully saturated rings. The van der Waals surface area contributed by atoms with Gasteiger partial charge in [-0.1, -0.05) is 210 Å². The second-order valence-corrected chi connectivity index (χ2v) is 20.0. The molecule has 2 unspecified atom stereocenters. The van der Waals surface area contributed by atoms with Crippen molar-refractivity contribution in [3.05, 3.63) is 48.6 Å². The molecule has 0 bridgehead atoms. The molecule has 1 N–H and O–H groups in total. The average molecular weight is 909 g/mol. The summed E-state index contributed by atoms with van der Waals surface area (Å²) in [7, 11) is 1.47. The zero-order chi connectivity index (χ0) is 46.4. The van der Waals surface area contributed by atoms with Gasteiger partial charge < -0.3 is 18.9 Å². The lowest BCUT2D eigenvalue weighted by atomic mass is 10.0. The standard InChI is InChI=1S/C53H98NO8P/c1-6-8-10-12-14-16-18-20-22-24-26-28-29-31-33-35-37-39-41-43-45-52(55)59-49-51(50-61-63(57,58)60-48-47-54(3,4)5)62-53(56)46-44-42-40-38-36-34-32-30-27-25-23-21-19-17-15-13-11-9-7-2/h9,11,15,17,21,23,27,30,51H,6-8,10,12-14,16,18-20,22,24-26,28-29,31-50H2,1-5H3/p+1/b11-9-,17-15-,23-21-,30-27-. The SMILES string of the molecule is CC/C=C\C/C=C\C/C=C\C/C=C\CCCCCCCCC(=O)OC(COC(=O)CCCCCCCCCCCCCCCCCCCCCC)COP(=O)(O)OCC[N+](C)(C)C. The lowest BCUT2D eigenvalue weighted by Gasteiger charge is -2.24. The Bertz CT molecular complexity index is 1210. The molecule has 0 aliphatic rings. The Morgan fingerprint density at radius 3 is 1.35 bits per heavy atom. The molecular weight excluding hydrogens is 810 g/mol. The summed E-state index contributed by atoms with van der Waals surface area (Å²) in [6, 6.07) is 0. The first kappa shape index (κ1) is 61.0. The van der Waals surface area contributed by atoms with Gasteiger partial charge in [-0.3, -0.25) is 18.6 Å². The van der Waals surface area contributed by atoms with E-state index in [4.69, 9.17) is 18.5 Å². The number of quaternary nitrogens is 1. The number of hydrogen-bond acceptors (Lipinski definition) is 7. The zero-order valence-electron chi connectivity index (χ0n) is 41.6. The summed E-state index contributed by atoms with van der Waals surface area (Å²) in [4.78, 5) is 35.6. The van der Waals surface area contributed by atoms with Gasteiger partial charge in [0.2, 0.25) is 0 Å². The van der Waals surface area contributed by atoms with Crippen LogP contribution in [0.1, 0.15) is 226 Å². The van der Waals surface area contributed by atoms with E-state index < -0.39 is 26.5 Å². The Balaban J connectivity index is 4.25. The average Bonchev–Trinajstić information content (AvgIpc) is 3.24. The maximum Gasteiger partial charge on any atom is 0.472 e. The third-order valence-corrected chi connectivity index (χ3v) is 12.1. The molecule has 10 heteroatoms. The molecule has 0 aromatic heterocycles. The van der Waals surface area contributed by atoms with Gasteiger partial charge in [-0.2, -0.15) is 0 Å². The van der Waals surface area contributed by atoms with Gasteiger partial charge in [0, 0.05) is 12.8 Å². The molecule has 0 heterocycles. The van der Waals surface area contributed by atoms with E-state index >= 15 is 0 Å². The first-order valence-corrected chi connectivity index (χ1v) is 27.4. The van der Waals surface area contributed by atoms with Crippen molar-refractivity contribution in [1.29, 1.82) is 0 Å². The van der Waals surface area contributed by atoms with Crippen molar-refractivity contribution >= 4 is 19.8 Å². The molecule has 0 saturated heterocycles. The predicted octanol–water partition coefficient (Wildman–Crippen LogP) is 15.4. The van der Waals surface area contributed by atoms with Crippen LogP contribution in [0.3, 0.4) is 0 Å². The fourth-order valence-electron chi connectivity index (χ4n) is 7.12. The van der Waals surface area contributed by atoms with Crippen molar-refractivity contribution in [3.63, 3.8) is 0 Å². The fourth-order valence-corrected chi connectivity index (χ4v) is 7.87. The highest BCUT2D eigenvalue weighted by Gasteiger charge is 2.27. The van der Waals surface area contributed by atoms with Crippen LogP contribution in [-0.2, 0) is 32.7 Å². The van der Waals surface area contributed by atoms with Crippen LogP contribution >= 0.6 is 7.82 Å². The molecule has 0 saturated carbocycles. The van der Waals surface area contributed by atoms with Gasteiger partial charge in [-0.25, -0.2) is 4.57 Å². The molecule has 0 amide bonds. The van der Waals surface area contributed by atoms with E-state index in [9.17, 15) is 19.0 Å². The molecule has 63 heavy (non-hydrogen) atoms. The summed E-state index contributed by atoms with van der Waals surface area (Å²) in [6.45, 7) is 4.32. The molecule has 0 rings (SSSR count). The van der Waals surface area contributed by atoms with Gasteiger partial charge in [0.05, 0.1) is 27.7 Å². The number of carbonyl (C=O) groups excluding carboxylic acids is 2. The van der Waals surface area contributed by atoms with E-state index in [0.717, 1.165) is 83.5 Å². The van der Waals surface area contributed by atoms with Gasteiger partial charge in [-0.05, 0) is 51.4 Å². The maximum atomic E-state index is 12.8. The number of allylic oxidation sites excluding steroid dienone is 8. The van der Waals surface area contributed by atoms with Crippen LogP contribution in [0.15, 0.2) is 48.6 Å². The molecule has 0 radical (unpaired) electrons. The first-order valence-electron chi connectivity index (χ1n) is 25.9. The van der Waals surface area contributed by atoms with Crippen molar-refractivity contribution in [3.8, 4) is 0 Å². The third kappa shape index (κ3) is 49.2. The molecule has 0 aromatic carbocycles. The summed E-state index contributed by atoms with van der Waals surface area (Å²) >= 11 is 0. The van der Waals surface area contributed by atoms with E-state index in [1.165, 1.54) is 109 Å². The van der Waals surface area contributed by atoms with Crippen LogP contribution in [0.2, 0.25) is 0 Å². The monoisotopic (exact) mass is 909 g/mol.